The largest absolute Gasteiger partial charge is 0.311 e. The Morgan fingerprint density at radius 3 is 2.68 bits per heavy atom. The Balaban J connectivity index is 1.96. The molecule has 0 fully saturated rings. The molecule has 25 heavy (non-hydrogen) atoms. The number of rotatable bonds is 3. The number of hydrogen-bond acceptors (Lipinski definition) is 4. The first-order valence-electron chi connectivity index (χ1n) is 7.62. The summed E-state index contributed by atoms with van der Waals surface area (Å²) in [7, 11) is -3.89. The number of halogens is 1. The molecule has 8 heteroatoms. The molecular formula is C17H17FN2O3S2. The Hall–Kier alpha value is -2.06. The van der Waals surface area contributed by atoms with Gasteiger partial charge in [0.05, 0.1) is 16.3 Å². The number of sulfonamides is 1. The Morgan fingerprint density at radius 2 is 2.00 bits per heavy atom. The van der Waals surface area contributed by atoms with Crippen LogP contribution >= 0.6 is 11.8 Å². The standard InChI is InChI=1S/C17H17FN2O3S2/c1-11-3-4-13(9-15(11)18)19-25(22,23)14-5-6-17-16(10-14)20(12(2)21)7-8-24-17/h3-6,9-10,19H,7-8H2,1-2H3. The molecule has 1 aliphatic heterocycles. The molecule has 1 aliphatic rings. The molecule has 1 amide bonds. The van der Waals surface area contributed by atoms with Crippen LogP contribution in [-0.2, 0) is 14.8 Å². The van der Waals surface area contributed by atoms with E-state index >= 15 is 0 Å². The maximum absolute atomic E-state index is 13.6. The van der Waals surface area contributed by atoms with Crippen molar-refractivity contribution < 1.29 is 17.6 Å². The van der Waals surface area contributed by atoms with E-state index < -0.39 is 15.8 Å². The van der Waals surface area contributed by atoms with Crippen LogP contribution in [0.5, 0.6) is 0 Å². The van der Waals surface area contributed by atoms with Gasteiger partial charge in [0.25, 0.3) is 10.0 Å². The fraction of sp³-hybridized carbons (Fsp3) is 0.235. The molecule has 1 heterocycles. The third-order valence-corrected chi connectivity index (χ3v) is 6.33. The minimum absolute atomic E-state index is 0.0287. The Kier molecular flexibility index (Phi) is 4.75. The number of hydrogen-bond donors (Lipinski definition) is 1. The quantitative estimate of drug-likeness (QED) is 0.886. The average molecular weight is 380 g/mol. The summed E-state index contributed by atoms with van der Waals surface area (Å²) in [4.78, 5) is 14.3. The van der Waals surface area contributed by atoms with Crippen molar-refractivity contribution in [2.45, 2.75) is 23.6 Å². The summed E-state index contributed by atoms with van der Waals surface area (Å²) in [5.74, 6) is 0.147. The molecule has 132 valence electrons. The molecular weight excluding hydrogens is 363 g/mol. The van der Waals surface area contributed by atoms with E-state index in [2.05, 4.69) is 4.72 Å². The molecule has 0 radical (unpaired) electrons. The average Bonchev–Trinajstić information content (AvgIpc) is 2.56. The van der Waals surface area contributed by atoms with Gasteiger partial charge in [0.1, 0.15) is 5.82 Å². The fourth-order valence-electron chi connectivity index (χ4n) is 2.56. The van der Waals surface area contributed by atoms with Crippen LogP contribution < -0.4 is 9.62 Å². The van der Waals surface area contributed by atoms with E-state index in [0.717, 1.165) is 16.7 Å². The van der Waals surface area contributed by atoms with Gasteiger partial charge >= 0.3 is 0 Å². The number of thioether (sulfide) groups is 1. The van der Waals surface area contributed by atoms with Crippen molar-refractivity contribution in [1.29, 1.82) is 0 Å². The van der Waals surface area contributed by atoms with E-state index in [9.17, 15) is 17.6 Å². The van der Waals surface area contributed by atoms with Crippen molar-refractivity contribution in [1.82, 2.24) is 0 Å². The van der Waals surface area contributed by atoms with E-state index in [-0.39, 0.29) is 16.5 Å². The number of fused-ring (bicyclic) bond motifs is 1. The number of carbonyl (C=O) groups is 1. The maximum atomic E-state index is 13.6. The second-order valence-corrected chi connectivity index (χ2v) is 8.54. The van der Waals surface area contributed by atoms with Crippen LogP contribution in [0.4, 0.5) is 15.8 Å². The first-order chi connectivity index (χ1) is 11.8. The third-order valence-electron chi connectivity index (χ3n) is 3.91. The predicted octanol–water partition coefficient (Wildman–Crippen LogP) is 3.39. The SMILES string of the molecule is CC(=O)N1CCSc2ccc(S(=O)(=O)Nc3ccc(C)c(F)c3)cc21. The molecule has 0 saturated heterocycles. The number of aryl methyl sites for hydroxylation is 1. The smallest absolute Gasteiger partial charge is 0.261 e. The Morgan fingerprint density at radius 1 is 1.24 bits per heavy atom. The molecule has 0 unspecified atom stereocenters. The molecule has 1 N–H and O–H groups in total. The van der Waals surface area contributed by atoms with Gasteiger partial charge in [-0.3, -0.25) is 9.52 Å². The Labute approximate surface area is 150 Å². The van der Waals surface area contributed by atoms with E-state index in [0.29, 0.717) is 17.8 Å². The summed E-state index contributed by atoms with van der Waals surface area (Å²) in [5.41, 5.74) is 1.17. The lowest BCUT2D eigenvalue weighted by Gasteiger charge is -2.28. The van der Waals surface area contributed by atoms with Gasteiger partial charge in [-0.25, -0.2) is 12.8 Å². The lowest BCUT2D eigenvalue weighted by atomic mass is 10.2. The van der Waals surface area contributed by atoms with E-state index in [1.807, 2.05) is 0 Å². The highest BCUT2D eigenvalue weighted by Gasteiger charge is 2.24. The second-order valence-electron chi connectivity index (χ2n) is 5.72. The number of benzene rings is 2. The number of carbonyl (C=O) groups excluding carboxylic acids is 1. The lowest BCUT2D eigenvalue weighted by Crippen LogP contribution is -2.33. The molecule has 0 aliphatic carbocycles. The van der Waals surface area contributed by atoms with Crippen LogP contribution in [-0.4, -0.2) is 26.6 Å². The van der Waals surface area contributed by atoms with Crippen molar-refractivity contribution in [3.63, 3.8) is 0 Å². The van der Waals surface area contributed by atoms with Crippen LogP contribution in [0.1, 0.15) is 12.5 Å². The minimum Gasteiger partial charge on any atom is -0.311 e. The van der Waals surface area contributed by atoms with Crippen molar-refractivity contribution >= 4 is 39.1 Å². The summed E-state index contributed by atoms with van der Waals surface area (Å²) in [6.07, 6.45) is 0. The van der Waals surface area contributed by atoms with Crippen molar-refractivity contribution in [3.8, 4) is 0 Å². The van der Waals surface area contributed by atoms with Gasteiger partial charge in [-0.1, -0.05) is 6.07 Å². The second kappa shape index (κ2) is 6.68. The van der Waals surface area contributed by atoms with Gasteiger partial charge in [-0.2, -0.15) is 0 Å². The number of anilines is 2. The first-order valence-corrected chi connectivity index (χ1v) is 10.1. The first kappa shape index (κ1) is 17.8. The zero-order chi connectivity index (χ0) is 18.2. The minimum atomic E-state index is -3.89. The van der Waals surface area contributed by atoms with Crippen LogP contribution in [0.25, 0.3) is 0 Å². The molecule has 0 atom stereocenters. The van der Waals surface area contributed by atoms with Gasteiger partial charge in [-0.15, -0.1) is 11.8 Å². The van der Waals surface area contributed by atoms with Crippen LogP contribution in [0, 0.1) is 12.7 Å². The number of nitrogens with one attached hydrogen (secondary N) is 1. The zero-order valence-electron chi connectivity index (χ0n) is 13.7. The molecule has 0 bridgehead atoms. The van der Waals surface area contributed by atoms with Crippen LogP contribution in [0.3, 0.4) is 0 Å². The predicted molar refractivity (Wildman–Crippen MR) is 97.1 cm³/mol. The molecule has 0 spiro atoms. The van der Waals surface area contributed by atoms with Gasteiger partial charge in [0, 0.05) is 24.1 Å². The molecule has 2 aromatic rings. The summed E-state index contributed by atoms with van der Waals surface area (Å²) in [6, 6.07) is 8.82. The third kappa shape index (κ3) is 3.64. The van der Waals surface area contributed by atoms with Gasteiger partial charge in [-0.05, 0) is 42.8 Å². The van der Waals surface area contributed by atoms with Gasteiger partial charge in [0.15, 0.2) is 0 Å². The highest BCUT2D eigenvalue weighted by Crippen LogP contribution is 2.36. The number of amides is 1. The molecule has 5 nitrogen and oxygen atoms in total. The number of nitrogens with zero attached hydrogens (tertiary/aromatic N) is 1. The monoisotopic (exact) mass is 380 g/mol. The van der Waals surface area contributed by atoms with Crippen LogP contribution in [0.15, 0.2) is 46.2 Å². The van der Waals surface area contributed by atoms with E-state index in [1.54, 1.807) is 29.7 Å². The topological polar surface area (TPSA) is 66.5 Å². The van der Waals surface area contributed by atoms with Crippen LogP contribution in [0.2, 0.25) is 0 Å². The molecule has 0 aromatic heterocycles. The van der Waals surface area contributed by atoms with Crippen molar-refractivity contribution in [3.05, 3.63) is 47.8 Å². The Bertz CT molecular complexity index is 945. The maximum Gasteiger partial charge on any atom is 0.261 e. The molecule has 3 rings (SSSR count). The van der Waals surface area contributed by atoms with Gasteiger partial charge in [0.2, 0.25) is 5.91 Å². The molecule has 2 aromatic carbocycles. The highest BCUT2D eigenvalue weighted by atomic mass is 32.2. The van der Waals surface area contributed by atoms with E-state index in [4.69, 9.17) is 0 Å². The summed E-state index contributed by atoms with van der Waals surface area (Å²) < 4.78 is 41.2. The summed E-state index contributed by atoms with van der Waals surface area (Å²) in [5, 5.41) is 0. The fourth-order valence-corrected chi connectivity index (χ4v) is 4.61. The van der Waals surface area contributed by atoms with Gasteiger partial charge < -0.3 is 4.90 Å². The van der Waals surface area contributed by atoms with Crippen molar-refractivity contribution in [2.24, 2.45) is 0 Å². The van der Waals surface area contributed by atoms with E-state index in [1.165, 1.54) is 31.2 Å². The van der Waals surface area contributed by atoms with Crippen molar-refractivity contribution in [2.75, 3.05) is 21.9 Å². The zero-order valence-corrected chi connectivity index (χ0v) is 15.4. The lowest BCUT2D eigenvalue weighted by molar-refractivity contribution is -0.116. The molecule has 0 saturated carbocycles. The highest BCUT2D eigenvalue weighted by molar-refractivity contribution is 7.99. The normalized spacial score (nSPS) is 14.1. The summed E-state index contributed by atoms with van der Waals surface area (Å²) in [6.45, 7) is 3.59. The summed E-state index contributed by atoms with van der Waals surface area (Å²) >= 11 is 1.58.